The maximum absolute atomic E-state index is 11.8. The van der Waals surface area contributed by atoms with Crippen molar-refractivity contribution >= 4 is 11.8 Å². The number of nitrogens with zero attached hydrogens (tertiary/aromatic N) is 3. The second-order valence-electron chi connectivity index (χ2n) is 1.99. The molecule has 1 radical (unpaired) electrons. The van der Waals surface area contributed by atoms with Crippen molar-refractivity contribution < 1.29 is 13.2 Å². The van der Waals surface area contributed by atoms with Gasteiger partial charge in [0, 0.05) is 6.54 Å². The number of halogens is 3. The van der Waals surface area contributed by atoms with Gasteiger partial charge < -0.3 is 5.32 Å². The van der Waals surface area contributed by atoms with Crippen LogP contribution < -0.4 is 10.6 Å². The summed E-state index contributed by atoms with van der Waals surface area (Å²) in [6.45, 7) is 2.19. The molecule has 0 aromatic heterocycles. The Hall–Kier alpha value is -1.27. The van der Waals surface area contributed by atoms with Crippen LogP contribution in [-0.2, 0) is 0 Å². The molecule has 1 N–H and O–H groups in total. The topological polar surface area (TPSA) is 50.9 Å². The zero-order valence-corrected chi connectivity index (χ0v) is 6.18. The van der Waals surface area contributed by atoms with Gasteiger partial charge in [-0.3, -0.25) is 0 Å². The van der Waals surface area contributed by atoms with Gasteiger partial charge in [0.25, 0.3) is 5.84 Å². The summed E-state index contributed by atoms with van der Waals surface area (Å²) in [4.78, 5) is 0. The van der Waals surface area contributed by atoms with Crippen molar-refractivity contribution in [2.45, 2.75) is 13.1 Å². The fraction of sp³-hybridized carbons (Fsp3) is 0.600. The number of alkyl halides is 3. The second-order valence-corrected chi connectivity index (χ2v) is 1.99. The summed E-state index contributed by atoms with van der Waals surface area (Å²) < 4.78 is 35.5. The highest BCUT2D eigenvalue weighted by molar-refractivity contribution is 6.04. The van der Waals surface area contributed by atoms with E-state index in [1.807, 2.05) is 0 Å². The summed E-state index contributed by atoms with van der Waals surface area (Å²) in [5.41, 5.74) is 0. The van der Waals surface area contributed by atoms with Crippen molar-refractivity contribution in [2.75, 3.05) is 6.54 Å². The van der Waals surface area contributed by atoms with Gasteiger partial charge in [-0.05, 0) is 6.92 Å². The molecule has 0 aromatic rings. The standard InChI is InChI=1S/C5H6F3N4/c1-2-9-4-10-3(11-12-4)5(6,7)8/h2H2,1H3,(H,9,12). The molecule has 1 rings (SSSR count). The fourth-order valence-electron chi connectivity index (χ4n) is 0.593. The average Bonchev–Trinajstić information content (AvgIpc) is 2.35. The lowest BCUT2D eigenvalue weighted by molar-refractivity contribution is -0.0609. The third-order valence-corrected chi connectivity index (χ3v) is 1.04. The molecule has 0 aliphatic carbocycles. The first kappa shape index (κ1) is 8.82. The molecule has 1 aliphatic rings. The maximum Gasteiger partial charge on any atom is 0.453 e. The number of amidine groups is 1. The monoisotopic (exact) mass is 179 g/mol. The predicted octanol–water partition coefficient (Wildman–Crippen LogP) is 0.446. The highest BCUT2D eigenvalue weighted by Gasteiger charge is 2.40. The third-order valence-electron chi connectivity index (χ3n) is 1.04. The molecule has 0 amide bonds. The van der Waals surface area contributed by atoms with Crippen molar-refractivity contribution in [3.63, 3.8) is 0 Å². The van der Waals surface area contributed by atoms with Gasteiger partial charge in [-0.25, -0.2) is 0 Å². The molecular weight excluding hydrogens is 173 g/mol. The SMILES string of the molecule is CCNC1=NN=C(C(F)(F)F)[N]1. The van der Waals surface area contributed by atoms with Crippen molar-refractivity contribution in [1.82, 2.24) is 10.6 Å². The summed E-state index contributed by atoms with van der Waals surface area (Å²) in [5, 5.41) is 11.7. The Labute approximate surface area is 66.6 Å². The van der Waals surface area contributed by atoms with E-state index in [9.17, 15) is 13.2 Å². The predicted molar refractivity (Wildman–Crippen MR) is 36.7 cm³/mol. The van der Waals surface area contributed by atoms with E-state index in [2.05, 4.69) is 20.8 Å². The van der Waals surface area contributed by atoms with Crippen LogP contribution in [0.3, 0.4) is 0 Å². The van der Waals surface area contributed by atoms with Gasteiger partial charge in [0.05, 0.1) is 0 Å². The van der Waals surface area contributed by atoms with Gasteiger partial charge in [-0.1, -0.05) is 0 Å². The Balaban J connectivity index is 2.50. The highest BCUT2D eigenvalue weighted by atomic mass is 19.4. The molecule has 0 saturated heterocycles. The lowest BCUT2D eigenvalue weighted by Gasteiger charge is -2.04. The molecule has 0 spiro atoms. The van der Waals surface area contributed by atoms with Crippen LogP contribution in [0.2, 0.25) is 0 Å². The van der Waals surface area contributed by atoms with Gasteiger partial charge in [0.2, 0.25) is 5.96 Å². The Kier molecular flexibility index (Phi) is 2.20. The minimum absolute atomic E-state index is 0.0928. The third kappa shape index (κ3) is 1.86. The summed E-state index contributed by atoms with van der Waals surface area (Å²) in [5.74, 6) is -1.30. The summed E-state index contributed by atoms with van der Waals surface area (Å²) in [6, 6.07) is 0. The van der Waals surface area contributed by atoms with Gasteiger partial charge in [-0.15, -0.1) is 10.2 Å². The van der Waals surface area contributed by atoms with E-state index in [0.717, 1.165) is 0 Å². The first-order chi connectivity index (χ1) is 5.54. The van der Waals surface area contributed by atoms with Gasteiger partial charge in [-0.2, -0.15) is 18.5 Å². The molecule has 0 bridgehead atoms. The average molecular weight is 179 g/mol. The van der Waals surface area contributed by atoms with E-state index >= 15 is 0 Å². The molecule has 1 aliphatic heterocycles. The van der Waals surface area contributed by atoms with E-state index in [4.69, 9.17) is 0 Å². The van der Waals surface area contributed by atoms with E-state index in [0.29, 0.717) is 6.54 Å². The molecule has 12 heavy (non-hydrogen) atoms. The summed E-state index contributed by atoms with van der Waals surface area (Å²) in [7, 11) is 0. The van der Waals surface area contributed by atoms with E-state index < -0.39 is 12.0 Å². The van der Waals surface area contributed by atoms with Crippen molar-refractivity contribution in [1.29, 1.82) is 0 Å². The van der Waals surface area contributed by atoms with Crippen LogP contribution >= 0.6 is 0 Å². The Morgan fingerprint density at radius 1 is 1.33 bits per heavy atom. The first-order valence-corrected chi connectivity index (χ1v) is 3.22. The van der Waals surface area contributed by atoms with Crippen LogP contribution in [0.1, 0.15) is 6.92 Å². The Morgan fingerprint density at radius 3 is 2.42 bits per heavy atom. The molecule has 0 unspecified atom stereocenters. The first-order valence-electron chi connectivity index (χ1n) is 3.22. The second kappa shape index (κ2) is 3.00. The summed E-state index contributed by atoms with van der Waals surface area (Å²) >= 11 is 0. The molecule has 0 aromatic carbocycles. The number of nitrogens with one attached hydrogen (secondary N) is 1. The zero-order valence-electron chi connectivity index (χ0n) is 6.18. The molecule has 1 heterocycles. The lowest BCUT2D eigenvalue weighted by Crippen LogP contribution is -2.38. The minimum atomic E-state index is -4.51. The van der Waals surface area contributed by atoms with E-state index in [1.165, 1.54) is 0 Å². The number of guanidine groups is 1. The van der Waals surface area contributed by atoms with Crippen molar-refractivity contribution in [2.24, 2.45) is 10.2 Å². The van der Waals surface area contributed by atoms with Crippen LogP contribution in [-0.4, -0.2) is 24.5 Å². The van der Waals surface area contributed by atoms with E-state index in [1.54, 1.807) is 6.92 Å². The molecule has 7 heteroatoms. The molecule has 0 fully saturated rings. The number of rotatable bonds is 1. The number of hydrogen-bond donors (Lipinski definition) is 1. The highest BCUT2D eigenvalue weighted by Crippen LogP contribution is 2.18. The summed E-state index contributed by atoms with van der Waals surface area (Å²) in [6.07, 6.45) is -4.51. The molecule has 0 atom stereocenters. The van der Waals surface area contributed by atoms with Crippen LogP contribution in [0.4, 0.5) is 13.2 Å². The van der Waals surface area contributed by atoms with Crippen LogP contribution in [0.25, 0.3) is 0 Å². The normalized spacial score (nSPS) is 16.7. The van der Waals surface area contributed by atoms with Gasteiger partial charge in [0.15, 0.2) is 0 Å². The van der Waals surface area contributed by atoms with Crippen molar-refractivity contribution in [3.05, 3.63) is 0 Å². The van der Waals surface area contributed by atoms with Gasteiger partial charge in [0.1, 0.15) is 0 Å². The lowest BCUT2D eigenvalue weighted by atomic mass is 10.6. The number of hydrogen-bond acceptors (Lipinski definition) is 3. The Morgan fingerprint density at radius 2 is 2.00 bits per heavy atom. The quantitative estimate of drug-likeness (QED) is 0.624. The largest absolute Gasteiger partial charge is 0.453 e. The zero-order chi connectivity index (χ0) is 9.19. The Bertz CT molecular complexity index is 229. The molecule has 4 nitrogen and oxygen atoms in total. The smallest absolute Gasteiger partial charge is 0.353 e. The maximum atomic E-state index is 11.8. The fourth-order valence-corrected chi connectivity index (χ4v) is 0.593. The van der Waals surface area contributed by atoms with E-state index in [-0.39, 0.29) is 5.96 Å². The van der Waals surface area contributed by atoms with Crippen LogP contribution in [0.15, 0.2) is 10.2 Å². The molecule has 67 valence electrons. The van der Waals surface area contributed by atoms with Gasteiger partial charge >= 0.3 is 6.18 Å². The van der Waals surface area contributed by atoms with Crippen molar-refractivity contribution in [3.8, 4) is 0 Å². The molecular formula is C5H6F3N4. The van der Waals surface area contributed by atoms with Crippen LogP contribution in [0.5, 0.6) is 0 Å². The minimum Gasteiger partial charge on any atom is -0.353 e. The molecule has 0 saturated carbocycles. The van der Waals surface area contributed by atoms with Crippen LogP contribution in [0, 0.1) is 0 Å².